The number of aromatic nitrogens is 2. The minimum Gasteiger partial charge on any atom is -0.339 e. The van der Waals surface area contributed by atoms with Gasteiger partial charge in [0.2, 0.25) is 5.89 Å². The third-order valence-corrected chi connectivity index (χ3v) is 4.20. The Morgan fingerprint density at radius 2 is 2.28 bits per heavy atom. The molecule has 1 fully saturated rings. The Bertz CT molecular complexity index is 364. The highest BCUT2D eigenvalue weighted by Gasteiger charge is 2.28. The van der Waals surface area contributed by atoms with Crippen molar-refractivity contribution in [3.63, 3.8) is 0 Å². The number of nitrogens with two attached hydrogens (primary N) is 1. The summed E-state index contributed by atoms with van der Waals surface area (Å²) in [6.07, 6.45) is 7.07. The number of hydrogen-bond donors (Lipinski definition) is 1. The maximum absolute atomic E-state index is 5.52. The van der Waals surface area contributed by atoms with Crippen molar-refractivity contribution in [3.8, 4) is 0 Å². The van der Waals surface area contributed by atoms with Crippen LogP contribution >= 0.6 is 0 Å². The summed E-state index contributed by atoms with van der Waals surface area (Å²) >= 11 is 0. The van der Waals surface area contributed by atoms with Gasteiger partial charge in [0.1, 0.15) is 0 Å². The van der Waals surface area contributed by atoms with E-state index >= 15 is 0 Å². The lowest BCUT2D eigenvalue weighted by atomic mass is 10.0. The molecule has 1 saturated carbocycles. The van der Waals surface area contributed by atoms with Gasteiger partial charge in [0, 0.05) is 11.8 Å². The van der Waals surface area contributed by atoms with Gasteiger partial charge < -0.3 is 10.3 Å². The van der Waals surface area contributed by atoms with Crippen LogP contribution in [-0.4, -0.2) is 16.7 Å². The van der Waals surface area contributed by atoms with E-state index in [0.717, 1.165) is 37.0 Å². The highest BCUT2D eigenvalue weighted by Crippen LogP contribution is 2.38. The summed E-state index contributed by atoms with van der Waals surface area (Å²) in [5.74, 6) is 3.43. The third-order valence-electron chi connectivity index (χ3n) is 4.20. The largest absolute Gasteiger partial charge is 0.339 e. The van der Waals surface area contributed by atoms with Gasteiger partial charge in [0.15, 0.2) is 5.82 Å². The van der Waals surface area contributed by atoms with Crippen LogP contribution in [0.15, 0.2) is 4.52 Å². The maximum atomic E-state index is 5.52. The fourth-order valence-corrected chi connectivity index (χ4v) is 2.84. The van der Waals surface area contributed by atoms with E-state index in [0.29, 0.717) is 11.8 Å². The van der Waals surface area contributed by atoms with Crippen LogP contribution in [0.25, 0.3) is 0 Å². The zero-order valence-corrected chi connectivity index (χ0v) is 11.6. The molecule has 1 aliphatic rings. The zero-order valence-electron chi connectivity index (χ0n) is 11.6. The lowest BCUT2D eigenvalue weighted by Crippen LogP contribution is -2.03. The van der Waals surface area contributed by atoms with Gasteiger partial charge >= 0.3 is 0 Å². The van der Waals surface area contributed by atoms with Crippen LogP contribution in [0.3, 0.4) is 0 Å². The summed E-state index contributed by atoms with van der Waals surface area (Å²) in [5, 5.41) is 4.18. The van der Waals surface area contributed by atoms with Crippen molar-refractivity contribution >= 4 is 0 Å². The van der Waals surface area contributed by atoms with Crippen molar-refractivity contribution < 1.29 is 4.52 Å². The SMILES string of the molecule is CCC1CCC(c2noc(C(C)CCCN)n2)C1. The summed E-state index contributed by atoms with van der Waals surface area (Å²) < 4.78 is 5.40. The fourth-order valence-electron chi connectivity index (χ4n) is 2.84. The smallest absolute Gasteiger partial charge is 0.229 e. The summed E-state index contributed by atoms with van der Waals surface area (Å²) in [4.78, 5) is 4.60. The number of nitrogens with zero attached hydrogens (tertiary/aromatic N) is 2. The first kappa shape index (κ1) is 13.5. The fraction of sp³-hybridized carbons (Fsp3) is 0.857. The van der Waals surface area contributed by atoms with Gasteiger partial charge in [-0.1, -0.05) is 25.4 Å². The highest BCUT2D eigenvalue weighted by molar-refractivity contribution is 5.01. The zero-order chi connectivity index (χ0) is 13.0. The molecule has 0 bridgehead atoms. The minimum absolute atomic E-state index is 0.332. The summed E-state index contributed by atoms with van der Waals surface area (Å²) in [6.45, 7) is 5.13. The Morgan fingerprint density at radius 1 is 1.44 bits per heavy atom. The molecule has 0 aromatic carbocycles. The van der Waals surface area contributed by atoms with Crippen molar-refractivity contribution in [1.29, 1.82) is 0 Å². The maximum Gasteiger partial charge on any atom is 0.229 e. The van der Waals surface area contributed by atoms with E-state index in [1.807, 2.05) is 0 Å². The average molecular weight is 251 g/mol. The van der Waals surface area contributed by atoms with Crippen LogP contribution in [0.5, 0.6) is 0 Å². The highest BCUT2D eigenvalue weighted by atomic mass is 16.5. The van der Waals surface area contributed by atoms with E-state index in [2.05, 4.69) is 24.0 Å². The second kappa shape index (κ2) is 6.32. The van der Waals surface area contributed by atoms with Crippen molar-refractivity contribution in [3.05, 3.63) is 11.7 Å². The van der Waals surface area contributed by atoms with Gasteiger partial charge in [-0.2, -0.15) is 4.98 Å². The van der Waals surface area contributed by atoms with E-state index in [-0.39, 0.29) is 0 Å². The quantitative estimate of drug-likeness (QED) is 0.843. The third kappa shape index (κ3) is 3.10. The van der Waals surface area contributed by atoms with E-state index in [1.54, 1.807) is 0 Å². The summed E-state index contributed by atoms with van der Waals surface area (Å²) in [6, 6.07) is 0. The van der Waals surface area contributed by atoms with Gasteiger partial charge in [-0.3, -0.25) is 0 Å². The molecule has 0 radical (unpaired) electrons. The molecule has 0 amide bonds. The molecule has 0 saturated heterocycles. The molecule has 2 rings (SSSR count). The predicted molar refractivity (Wildman–Crippen MR) is 71.4 cm³/mol. The topological polar surface area (TPSA) is 64.9 Å². The predicted octanol–water partition coefficient (Wildman–Crippen LogP) is 3.21. The van der Waals surface area contributed by atoms with E-state index in [4.69, 9.17) is 10.3 Å². The molecule has 2 N–H and O–H groups in total. The van der Waals surface area contributed by atoms with Gasteiger partial charge in [0.25, 0.3) is 0 Å². The van der Waals surface area contributed by atoms with Crippen LogP contribution in [0, 0.1) is 5.92 Å². The average Bonchev–Trinajstić information content (AvgIpc) is 3.03. The Hall–Kier alpha value is -0.900. The minimum atomic E-state index is 0.332. The van der Waals surface area contributed by atoms with Gasteiger partial charge in [-0.15, -0.1) is 0 Å². The molecule has 3 atom stereocenters. The van der Waals surface area contributed by atoms with E-state index < -0.39 is 0 Å². The molecule has 1 aromatic rings. The molecule has 3 unspecified atom stereocenters. The molecule has 102 valence electrons. The van der Waals surface area contributed by atoms with Crippen LogP contribution in [-0.2, 0) is 0 Å². The second-order valence-corrected chi connectivity index (χ2v) is 5.61. The van der Waals surface area contributed by atoms with Crippen molar-refractivity contribution in [2.24, 2.45) is 11.7 Å². The molecular weight excluding hydrogens is 226 g/mol. The first-order valence-electron chi connectivity index (χ1n) is 7.28. The van der Waals surface area contributed by atoms with Crippen LogP contribution in [0.4, 0.5) is 0 Å². The molecular formula is C14H25N3O. The van der Waals surface area contributed by atoms with Crippen LogP contribution < -0.4 is 5.73 Å². The molecule has 1 aromatic heterocycles. The van der Waals surface area contributed by atoms with Crippen molar-refractivity contribution in [1.82, 2.24) is 10.1 Å². The van der Waals surface area contributed by atoms with Crippen molar-refractivity contribution in [2.45, 2.75) is 64.2 Å². The van der Waals surface area contributed by atoms with Gasteiger partial charge in [-0.25, -0.2) is 0 Å². The molecule has 4 heteroatoms. The lowest BCUT2D eigenvalue weighted by Gasteiger charge is -2.05. The van der Waals surface area contributed by atoms with Crippen LogP contribution in [0.1, 0.15) is 75.9 Å². The Balaban J connectivity index is 1.93. The molecule has 1 heterocycles. The summed E-state index contributed by atoms with van der Waals surface area (Å²) in [7, 11) is 0. The van der Waals surface area contributed by atoms with Crippen molar-refractivity contribution in [2.75, 3.05) is 6.54 Å². The Labute approximate surface area is 109 Å². The number of hydrogen-bond acceptors (Lipinski definition) is 4. The van der Waals surface area contributed by atoms with E-state index in [9.17, 15) is 0 Å². The summed E-state index contributed by atoms with van der Waals surface area (Å²) in [5.41, 5.74) is 5.52. The Kier molecular flexibility index (Phi) is 4.75. The van der Waals surface area contributed by atoms with E-state index in [1.165, 1.54) is 25.7 Å². The molecule has 18 heavy (non-hydrogen) atoms. The first-order valence-corrected chi connectivity index (χ1v) is 7.28. The van der Waals surface area contributed by atoms with Gasteiger partial charge in [0.05, 0.1) is 0 Å². The van der Waals surface area contributed by atoms with Crippen LogP contribution in [0.2, 0.25) is 0 Å². The van der Waals surface area contributed by atoms with Gasteiger partial charge in [-0.05, 0) is 44.6 Å². The first-order chi connectivity index (χ1) is 8.74. The lowest BCUT2D eigenvalue weighted by molar-refractivity contribution is 0.345. The normalized spacial score (nSPS) is 25.5. The molecule has 4 nitrogen and oxygen atoms in total. The molecule has 1 aliphatic carbocycles. The monoisotopic (exact) mass is 251 g/mol. The Morgan fingerprint density at radius 3 is 2.94 bits per heavy atom. The second-order valence-electron chi connectivity index (χ2n) is 5.61. The number of rotatable bonds is 6. The molecule has 0 aliphatic heterocycles. The molecule has 0 spiro atoms. The standard InChI is InChI=1S/C14H25N3O/c1-3-11-6-7-12(9-11)13-16-14(18-17-13)10(2)5-4-8-15/h10-12H,3-9,15H2,1-2H3.